The Morgan fingerprint density at radius 3 is 2.21 bits per heavy atom. The molecule has 1 heterocycles. The number of nitrogens with one attached hydrogen (secondary N) is 1. The Bertz CT molecular complexity index is 455. The zero-order valence-corrected chi connectivity index (χ0v) is 15.4. The van der Waals surface area contributed by atoms with Gasteiger partial charge in [-0.1, -0.05) is 69.7 Å². The fourth-order valence-electron chi connectivity index (χ4n) is 2.66. The maximum Gasteiger partial charge on any atom is 0.347 e. The van der Waals surface area contributed by atoms with Gasteiger partial charge in [-0.25, -0.2) is 4.73 Å². The van der Waals surface area contributed by atoms with Crippen molar-refractivity contribution in [1.29, 1.82) is 0 Å². The Morgan fingerprint density at radius 1 is 1.04 bits per heavy atom. The lowest BCUT2D eigenvalue weighted by molar-refractivity contribution is -0.577. The number of aromatic nitrogens is 2. The molecule has 0 atom stereocenters. The predicted octanol–water partition coefficient (Wildman–Crippen LogP) is 4.03. The molecule has 1 aromatic heterocycles. The van der Waals surface area contributed by atoms with E-state index >= 15 is 0 Å². The molecule has 0 aliphatic rings. The van der Waals surface area contributed by atoms with E-state index in [0.29, 0.717) is 23.0 Å². The third kappa shape index (κ3) is 8.22. The lowest BCUT2D eigenvalue weighted by Crippen LogP contribution is -2.36. The van der Waals surface area contributed by atoms with Crippen molar-refractivity contribution in [2.24, 2.45) is 0 Å². The summed E-state index contributed by atoms with van der Waals surface area (Å²) in [6.07, 6.45) is 12.9. The lowest BCUT2D eigenvalue weighted by atomic mass is 10.1. The number of ether oxygens (including phenoxy) is 1. The molecule has 3 N–H and O–H groups in total. The summed E-state index contributed by atoms with van der Waals surface area (Å²) in [5.41, 5.74) is 5.60. The van der Waals surface area contributed by atoms with Gasteiger partial charge >= 0.3 is 5.95 Å². The van der Waals surface area contributed by atoms with Crippen LogP contribution in [0.15, 0.2) is 6.07 Å². The molecule has 6 nitrogen and oxygen atoms in total. The molecule has 0 aromatic carbocycles. The minimum atomic E-state index is -0.0912. The second kappa shape index (κ2) is 12.7. The molecule has 6 heteroatoms. The fourth-order valence-corrected chi connectivity index (χ4v) is 2.66. The number of nitrogen functional groups attached to an aromatic ring is 1. The monoisotopic (exact) mass is 338 g/mol. The van der Waals surface area contributed by atoms with Crippen molar-refractivity contribution in [1.82, 2.24) is 4.98 Å². The van der Waals surface area contributed by atoms with Crippen LogP contribution in [0.3, 0.4) is 0 Å². The van der Waals surface area contributed by atoms with Crippen LogP contribution in [0.5, 0.6) is 5.88 Å². The van der Waals surface area contributed by atoms with Gasteiger partial charge in [-0.05, 0) is 13.3 Å². The molecule has 0 aliphatic carbocycles. The first-order valence-electron chi connectivity index (χ1n) is 9.45. The molecule has 0 bridgehead atoms. The van der Waals surface area contributed by atoms with Gasteiger partial charge < -0.3 is 21.0 Å². The summed E-state index contributed by atoms with van der Waals surface area (Å²) < 4.78 is 5.92. The first kappa shape index (κ1) is 20.3. The first-order chi connectivity index (χ1) is 11.7. The van der Waals surface area contributed by atoms with Crippen LogP contribution in [-0.4, -0.2) is 18.1 Å². The molecule has 1 rings (SSSR count). The molecular formula is C18H34N4O2. The van der Waals surface area contributed by atoms with Crippen LogP contribution in [-0.2, 0) is 0 Å². The van der Waals surface area contributed by atoms with Gasteiger partial charge in [-0.15, -0.1) is 0 Å². The smallest absolute Gasteiger partial charge is 0.347 e. The van der Waals surface area contributed by atoms with Crippen molar-refractivity contribution in [2.75, 3.05) is 24.2 Å². The topological polar surface area (TPSA) is 87.1 Å². The molecule has 138 valence electrons. The van der Waals surface area contributed by atoms with Gasteiger partial charge in [-0.3, -0.25) is 0 Å². The quantitative estimate of drug-likeness (QED) is 0.304. The summed E-state index contributed by atoms with van der Waals surface area (Å²) in [5.74, 6) is 0.695. The summed E-state index contributed by atoms with van der Waals surface area (Å²) in [4.78, 5) is 3.89. The van der Waals surface area contributed by atoms with E-state index in [9.17, 15) is 5.21 Å². The Labute approximate surface area is 146 Å². The highest BCUT2D eigenvalue weighted by molar-refractivity contribution is 5.36. The first-order valence-corrected chi connectivity index (χ1v) is 9.45. The zero-order valence-electron chi connectivity index (χ0n) is 15.4. The molecule has 0 saturated heterocycles. The van der Waals surface area contributed by atoms with Crippen molar-refractivity contribution >= 4 is 11.8 Å². The number of rotatable bonds is 14. The van der Waals surface area contributed by atoms with Crippen LogP contribution in [0.25, 0.3) is 0 Å². The second-order valence-electron chi connectivity index (χ2n) is 6.17. The molecule has 24 heavy (non-hydrogen) atoms. The molecule has 0 fully saturated rings. The number of unbranched alkanes of at least 4 members (excludes halogenated alkanes) is 9. The Balaban J connectivity index is 2.13. The third-order valence-corrected chi connectivity index (χ3v) is 4.04. The number of nitrogens with two attached hydrogens (primary N) is 1. The van der Waals surface area contributed by atoms with Crippen molar-refractivity contribution in [3.05, 3.63) is 11.3 Å². The largest absolute Gasteiger partial charge is 0.754 e. The standard InChI is InChI=1S/C18H34N4O2/c1-3-5-6-7-8-9-10-11-12-13-14-20-16-15-17(24-4-2)21-18(19)22(16)23/h15,20H,3-14H2,1-2H3,(H2,19,21). The third-order valence-electron chi connectivity index (χ3n) is 4.04. The normalized spacial score (nSPS) is 10.8. The minimum absolute atomic E-state index is 0.0912. The highest BCUT2D eigenvalue weighted by Gasteiger charge is 2.10. The van der Waals surface area contributed by atoms with E-state index in [1.165, 1.54) is 57.8 Å². The fraction of sp³-hybridized carbons (Fsp3) is 0.778. The van der Waals surface area contributed by atoms with E-state index in [2.05, 4.69) is 17.2 Å². The van der Waals surface area contributed by atoms with E-state index in [1.807, 2.05) is 6.92 Å². The van der Waals surface area contributed by atoms with E-state index in [4.69, 9.17) is 10.5 Å². The van der Waals surface area contributed by atoms with Crippen LogP contribution >= 0.6 is 0 Å². The van der Waals surface area contributed by atoms with Gasteiger partial charge in [0.2, 0.25) is 5.82 Å². The summed E-state index contributed by atoms with van der Waals surface area (Å²) in [6.45, 7) is 5.37. The predicted molar refractivity (Wildman–Crippen MR) is 99.1 cm³/mol. The number of nitrogens with zero attached hydrogens (tertiary/aromatic N) is 2. The Hall–Kier alpha value is -1.72. The highest BCUT2D eigenvalue weighted by atomic mass is 16.5. The van der Waals surface area contributed by atoms with Crippen molar-refractivity contribution < 1.29 is 9.47 Å². The van der Waals surface area contributed by atoms with E-state index < -0.39 is 0 Å². The van der Waals surface area contributed by atoms with Crippen molar-refractivity contribution in [3.63, 3.8) is 0 Å². The maximum atomic E-state index is 11.8. The molecule has 0 amide bonds. The van der Waals surface area contributed by atoms with Crippen LogP contribution in [0.2, 0.25) is 0 Å². The average Bonchev–Trinajstić information content (AvgIpc) is 2.57. The van der Waals surface area contributed by atoms with E-state index in [1.54, 1.807) is 6.07 Å². The Morgan fingerprint density at radius 2 is 1.62 bits per heavy atom. The van der Waals surface area contributed by atoms with Crippen LogP contribution in [0.1, 0.15) is 78.1 Å². The van der Waals surface area contributed by atoms with Gasteiger partial charge in [-0.2, -0.15) is 0 Å². The van der Waals surface area contributed by atoms with E-state index in [0.717, 1.165) is 13.0 Å². The molecular weight excluding hydrogens is 304 g/mol. The van der Waals surface area contributed by atoms with Gasteiger partial charge in [0.05, 0.1) is 12.7 Å². The van der Waals surface area contributed by atoms with Gasteiger partial charge in [0.25, 0.3) is 5.88 Å². The van der Waals surface area contributed by atoms with Crippen molar-refractivity contribution in [2.45, 2.75) is 78.1 Å². The van der Waals surface area contributed by atoms with Crippen molar-refractivity contribution in [3.8, 4) is 5.88 Å². The molecule has 0 aliphatic heterocycles. The molecule has 0 unspecified atom stereocenters. The minimum Gasteiger partial charge on any atom is -0.754 e. The van der Waals surface area contributed by atoms with Gasteiger partial charge in [0, 0.05) is 6.54 Å². The molecule has 1 aromatic rings. The van der Waals surface area contributed by atoms with Gasteiger partial charge in [0.15, 0.2) is 0 Å². The molecule has 0 radical (unpaired) electrons. The number of hydrogen-bond acceptors (Lipinski definition) is 5. The summed E-state index contributed by atoms with van der Waals surface area (Å²) in [7, 11) is 0. The average molecular weight is 338 g/mol. The summed E-state index contributed by atoms with van der Waals surface area (Å²) >= 11 is 0. The number of anilines is 2. The lowest BCUT2D eigenvalue weighted by Gasteiger charge is -2.14. The summed E-state index contributed by atoms with van der Waals surface area (Å²) in [6, 6.07) is 1.60. The van der Waals surface area contributed by atoms with Crippen LogP contribution in [0.4, 0.5) is 11.8 Å². The Kier molecular flexibility index (Phi) is 10.7. The SMILES string of the molecule is CCCCCCCCCCCCNc1cc(OCC)nc(N)[n+]1[O-]. The summed E-state index contributed by atoms with van der Waals surface area (Å²) in [5, 5.41) is 15.0. The van der Waals surface area contributed by atoms with Crippen LogP contribution in [0, 0.1) is 5.21 Å². The maximum absolute atomic E-state index is 11.8. The second-order valence-corrected chi connectivity index (χ2v) is 6.17. The highest BCUT2D eigenvalue weighted by Crippen LogP contribution is 2.14. The zero-order chi connectivity index (χ0) is 17.6. The van der Waals surface area contributed by atoms with Crippen LogP contribution < -0.4 is 20.5 Å². The van der Waals surface area contributed by atoms with Gasteiger partial charge in [0.1, 0.15) is 0 Å². The number of hydrogen-bond donors (Lipinski definition) is 2. The van der Waals surface area contributed by atoms with E-state index in [-0.39, 0.29) is 5.95 Å². The molecule has 0 spiro atoms. The molecule has 0 saturated carbocycles.